The molecule has 0 fully saturated rings. The number of ether oxygens (including phenoxy) is 1. The third-order valence-corrected chi connectivity index (χ3v) is 5.45. The molecule has 13 heteroatoms. The average molecular weight is 553 g/mol. The van der Waals surface area contributed by atoms with Crippen molar-refractivity contribution in [1.82, 2.24) is 5.43 Å². The normalized spacial score (nSPS) is 14.4. The molecule has 2 N–H and O–H groups in total. The summed E-state index contributed by atoms with van der Waals surface area (Å²) in [6.45, 7) is 0. The molecule has 0 unspecified atom stereocenters. The molecule has 0 saturated carbocycles. The van der Waals surface area contributed by atoms with Crippen molar-refractivity contribution in [3.63, 3.8) is 0 Å². The molecular formula is C25H18F6N4O2S. The number of thiocarbonyl (C=S) groups is 1. The molecule has 1 aliphatic rings. The van der Waals surface area contributed by atoms with Gasteiger partial charge in [-0.2, -0.15) is 18.3 Å². The van der Waals surface area contributed by atoms with Gasteiger partial charge in [-0.3, -0.25) is 5.43 Å². The molecule has 0 bridgehead atoms. The van der Waals surface area contributed by atoms with Crippen LogP contribution in [-0.4, -0.2) is 23.4 Å². The summed E-state index contributed by atoms with van der Waals surface area (Å²) in [5, 5.41) is 10.4. The number of hydrogen-bond acceptors (Lipinski definition) is 5. The minimum atomic E-state index is -4.76. The molecule has 0 radical (unpaired) electrons. The Labute approximate surface area is 217 Å². The van der Waals surface area contributed by atoms with Gasteiger partial charge < -0.3 is 14.9 Å². The number of oxime groups is 1. The summed E-state index contributed by atoms with van der Waals surface area (Å²) in [5.74, 6) is 0.127. The Morgan fingerprint density at radius 2 is 1.61 bits per heavy atom. The van der Waals surface area contributed by atoms with Crippen molar-refractivity contribution in [3.8, 4) is 11.5 Å². The lowest BCUT2D eigenvalue weighted by atomic mass is 10.1. The predicted octanol–water partition coefficient (Wildman–Crippen LogP) is 6.65. The maximum absolute atomic E-state index is 13.1. The zero-order chi connectivity index (χ0) is 27.3. The Bertz CT molecular complexity index is 1370. The lowest BCUT2D eigenvalue weighted by Crippen LogP contribution is -2.25. The molecule has 198 valence electrons. The van der Waals surface area contributed by atoms with E-state index in [4.69, 9.17) is 17.1 Å². The Balaban J connectivity index is 1.31. The van der Waals surface area contributed by atoms with Crippen LogP contribution in [0.2, 0.25) is 0 Å². The number of hydrogen-bond donors (Lipinski definition) is 2. The molecule has 0 spiro atoms. The second kappa shape index (κ2) is 11.1. The van der Waals surface area contributed by atoms with Crippen molar-refractivity contribution in [3.05, 3.63) is 89.0 Å². The van der Waals surface area contributed by atoms with E-state index in [2.05, 4.69) is 25.7 Å². The van der Waals surface area contributed by atoms with Crippen molar-refractivity contribution in [1.29, 1.82) is 0 Å². The molecule has 6 nitrogen and oxygen atoms in total. The molecule has 1 aliphatic carbocycles. The van der Waals surface area contributed by atoms with E-state index >= 15 is 0 Å². The number of benzene rings is 3. The van der Waals surface area contributed by atoms with Crippen molar-refractivity contribution >= 4 is 34.9 Å². The molecule has 0 amide bonds. The number of para-hydroxylation sites is 1. The van der Waals surface area contributed by atoms with Crippen molar-refractivity contribution in [2.24, 2.45) is 10.3 Å². The van der Waals surface area contributed by atoms with Crippen LogP contribution in [0, 0.1) is 0 Å². The third-order valence-electron chi connectivity index (χ3n) is 5.25. The van der Waals surface area contributed by atoms with E-state index in [0.29, 0.717) is 41.0 Å². The Morgan fingerprint density at radius 1 is 0.895 bits per heavy atom. The zero-order valence-electron chi connectivity index (χ0n) is 19.2. The van der Waals surface area contributed by atoms with Crippen LogP contribution in [0.1, 0.15) is 28.7 Å². The molecule has 38 heavy (non-hydrogen) atoms. The monoisotopic (exact) mass is 552 g/mol. The Morgan fingerprint density at radius 3 is 2.32 bits per heavy atom. The highest BCUT2D eigenvalue weighted by molar-refractivity contribution is 7.80. The minimum absolute atomic E-state index is 0.123. The first-order valence-electron chi connectivity index (χ1n) is 11.0. The fraction of sp³-hybridized carbons (Fsp3) is 0.160. The Kier molecular flexibility index (Phi) is 7.86. The van der Waals surface area contributed by atoms with Crippen LogP contribution in [0.5, 0.6) is 11.5 Å². The predicted molar refractivity (Wildman–Crippen MR) is 133 cm³/mol. The molecule has 0 aromatic heterocycles. The number of fused-ring (bicyclic) bond motifs is 1. The zero-order valence-corrected chi connectivity index (χ0v) is 20.0. The van der Waals surface area contributed by atoms with Gasteiger partial charge in [-0.15, -0.1) is 13.2 Å². The van der Waals surface area contributed by atoms with E-state index in [1.165, 1.54) is 42.6 Å². The van der Waals surface area contributed by atoms with Gasteiger partial charge in [0.05, 0.1) is 23.2 Å². The van der Waals surface area contributed by atoms with E-state index in [0.717, 1.165) is 6.07 Å². The summed E-state index contributed by atoms with van der Waals surface area (Å²) in [7, 11) is 0. The molecular weight excluding hydrogens is 534 g/mol. The molecule has 3 aromatic rings. The van der Waals surface area contributed by atoms with E-state index < -0.39 is 18.1 Å². The standard InChI is InChI=1S/C25H18F6N4O2S/c26-24(27,28)20-3-1-2-4-22(20)33-23(38)34-32-14-15-5-8-17(9-6-15)37-35-21-12-7-16-13-18(10-11-19(16)21)36-25(29,30)31/h1-6,8-11,13-14H,7,12H2,(H2,33,34,38). The third kappa shape index (κ3) is 7.22. The summed E-state index contributed by atoms with van der Waals surface area (Å²) in [6.07, 6.45) is -6.87. The van der Waals surface area contributed by atoms with Crippen LogP contribution in [0.25, 0.3) is 0 Å². The average Bonchev–Trinajstić information content (AvgIpc) is 3.24. The summed E-state index contributed by atoms with van der Waals surface area (Å²) in [4.78, 5) is 5.45. The van der Waals surface area contributed by atoms with Crippen LogP contribution >= 0.6 is 12.2 Å². The quantitative estimate of drug-likeness (QED) is 0.155. The first kappa shape index (κ1) is 26.9. The van der Waals surface area contributed by atoms with Crippen LogP contribution in [0.4, 0.5) is 32.0 Å². The van der Waals surface area contributed by atoms with Gasteiger partial charge in [0.25, 0.3) is 0 Å². The van der Waals surface area contributed by atoms with E-state index in [1.807, 2.05) is 0 Å². The molecule has 0 atom stereocenters. The molecule has 0 saturated heterocycles. The Hall–Kier alpha value is -4.13. The van der Waals surface area contributed by atoms with Crippen LogP contribution in [0.15, 0.2) is 77.0 Å². The maximum atomic E-state index is 13.1. The number of rotatable bonds is 6. The first-order chi connectivity index (χ1) is 18.0. The number of halogens is 6. The van der Waals surface area contributed by atoms with Crippen LogP contribution in [0.3, 0.4) is 0 Å². The van der Waals surface area contributed by atoms with Crippen LogP contribution in [-0.2, 0) is 12.6 Å². The van der Waals surface area contributed by atoms with Gasteiger partial charge in [0.15, 0.2) is 10.9 Å². The van der Waals surface area contributed by atoms with Crippen molar-refractivity contribution in [2.75, 3.05) is 5.32 Å². The molecule has 4 rings (SSSR count). The lowest BCUT2D eigenvalue weighted by Gasteiger charge is -2.14. The second-order valence-corrected chi connectivity index (χ2v) is 8.34. The lowest BCUT2D eigenvalue weighted by molar-refractivity contribution is -0.274. The van der Waals surface area contributed by atoms with Gasteiger partial charge >= 0.3 is 12.5 Å². The number of aryl methyl sites for hydroxylation is 1. The highest BCUT2D eigenvalue weighted by Crippen LogP contribution is 2.34. The smallest absolute Gasteiger partial charge is 0.406 e. The highest BCUT2D eigenvalue weighted by Gasteiger charge is 2.33. The summed E-state index contributed by atoms with van der Waals surface area (Å²) < 4.78 is 80.5. The number of hydrazone groups is 1. The van der Waals surface area contributed by atoms with Crippen molar-refractivity contribution in [2.45, 2.75) is 25.4 Å². The number of alkyl halides is 6. The summed E-state index contributed by atoms with van der Waals surface area (Å²) >= 11 is 5.00. The number of nitrogens with zero attached hydrogens (tertiary/aromatic N) is 2. The van der Waals surface area contributed by atoms with Gasteiger partial charge in [-0.25, -0.2) is 0 Å². The van der Waals surface area contributed by atoms with Gasteiger partial charge in [0.1, 0.15) is 5.75 Å². The molecule has 3 aromatic carbocycles. The molecule has 0 heterocycles. The highest BCUT2D eigenvalue weighted by atomic mass is 32.1. The minimum Gasteiger partial charge on any atom is -0.406 e. The van der Waals surface area contributed by atoms with E-state index in [1.54, 1.807) is 24.3 Å². The topological polar surface area (TPSA) is 67.2 Å². The van der Waals surface area contributed by atoms with Gasteiger partial charge in [0.2, 0.25) is 0 Å². The largest absolute Gasteiger partial charge is 0.573 e. The van der Waals surface area contributed by atoms with E-state index in [9.17, 15) is 26.3 Å². The molecule has 0 aliphatic heterocycles. The summed E-state index contributed by atoms with van der Waals surface area (Å²) in [6, 6.07) is 15.6. The fourth-order valence-corrected chi connectivity index (χ4v) is 3.78. The van der Waals surface area contributed by atoms with E-state index in [-0.39, 0.29) is 16.5 Å². The van der Waals surface area contributed by atoms with Gasteiger partial charge in [0, 0.05) is 5.56 Å². The number of anilines is 1. The SMILES string of the molecule is FC(F)(F)Oc1ccc2c(c1)CCC2=NOc1ccc(C=NNC(=S)Nc2ccccc2C(F)(F)F)cc1. The van der Waals surface area contributed by atoms with Crippen LogP contribution < -0.4 is 20.3 Å². The van der Waals surface area contributed by atoms with Gasteiger partial charge in [-0.1, -0.05) is 17.3 Å². The first-order valence-corrected chi connectivity index (χ1v) is 11.4. The van der Waals surface area contributed by atoms with Gasteiger partial charge in [-0.05, 0) is 90.8 Å². The maximum Gasteiger partial charge on any atom is 0.573 e. The fourth-order valence-electron chi connectivity index (χ4n) is 3.62. The van der Waals surface area contributed by atoms with Crippen molar-refractivity contribution < 1.29 is 35.9 Å². The second-order valence-electron chi connectivity index (χ2n) is 7.93. The number of nitrogens with one attached hydrogen (secondary N) is 2. The summed E-state index contributed by atoms with van der Waals surface area (Å²) in [5.41, 5.74) is 4.02.